The summed E-state index contributed by atoms with van der Waals surface area (Å²) in [6.07, 6.45) is 5.20. The average molecular weight is 251 g/mol. The summed E-state index contributed by atoms with van der Waals surface area (Å²) in [6, 6.07) is 7.70. The van der Waals surface area contributed by atoms with Crippen molar-refractivity contribution in [1.82, 2.24) is 5.32 Å². The highest BCUT2D eigenvalue weighted by molar-refractivity contribution is 5.32. The molecule has 0 spiro atoms. The van der Waals surface area contributed by atoms with E-state index in [0.29, 0.717) is 6.61 Å². The summed E-state index contributed by atoms with van der Waals surface area (Å²) in [7, 11) is 1.66. The van der Waals surface area contributed by atoms with E-state index in [1.807, 2.05) is 24.3 Å². The van der Waals surface area contributed by atoms with Crippen LogP contribution in [0.5, 0.6) is 11.5 Å². The fourth-order valence-electron chi connectivity index (χ4n) is 1.73. The van der Waals surface area contributed by atoms with Gasteiger partial charge in [-0.15, -0.1) is 0 Å². The summed E-state index contributed by atoms with van der Waals surface area (Å²) in [5.41, 5.74) is 0. The van der Waals surface area contributed by atoms with Crippen LogP contribution in [-0.4, -0.2) is 26.8 Å². The molecule has 0 aromatic heterocycles. The first-order valence-corrected chi connectivity index (χ1v) is 6.84. The molecule has 0 fully saturated rings. The summed E-state index contributed by atoms with van der Waals surface area (Å²) >= 11 is 0. The lowest BCUT2D eigenvalue weighted by atomic mass is 10.2. The molecule has 0 unspecified atom stereocenters. The van der Waals surface area contributed by atoms with Crippen LogP contribution < -0.4 is 14.8 Å². The fourth-order valence-corrected chi connectivity index (χ4v) is 1.73. The van der Waals surface area contributed by atoms with Crippen molar-refractivity contribution >= 4 is 0 Å². The molecule has 0 amide bonds. The second kappa shape index (κ2) is 9.77. The van der Waals surface area contributed by atoms with Crippen molar-refractivity contribution < 1.29 is 9.47 Å². The monoisotopic (exact) mass is 251 g/mol. The molecule has 18 heavy (non-hydrogen) atoms. The largest absolute Gasteiger partial charge is 0.497 e. The van der Waals surface area contributed by atoms with E-state index < -0.39 is 0 Å². The molecular formula is C15H25NO2. The van der Waals surface area contributed by atoms with Crippen LogP contribution in [0.2, 0.25) is 0 Å². The standard InChI is InChI=1S/C15H25NO2/c1-3-4-5-6-10-16-11-12-18-15-9-7-8-14(13-15)17-2/h7-9,13,16H,3-6,10-12H2,1-2H3. The first-order valence-electron chi connectivity index (χ1n) is 6.84. The minimum Gasteiger partial charge on any atom is -0.497 e. The van der Waals surface area contributed by atoms with Crippen molar-refractivity contribution in [3.63, 3.8) is 0 Å². The number of hydrogen-bond donors (Lipinski definition) is 1. The zero-order valence-corrected chi connectivity index (χ0v) is 11.6. The van der Waals surface area contributed by atoms with Crippen LogP contribution in [0, 0.1) is 0 Å². The van der Waals surface area contributed by atoms with Gasteiger partial charge in [-0.3, -0.25) is 0 Å². The Morgan fingerprint density at radius 2 is 1.89 bits per heavy atom. The van der Waals surface area contributed by atoms with Crippen molar-refractivity contribution in [2.24, 2.45) is 0 Å². The molecule has 3 nitrogen and oxygen atoms in total. The number of methoxy groups -OCH3 is 1. The van der Waals surface area contributed by atoms with Gasteiger partial charge in [-0.2, -0.15) is 0 Å². The van der Waals surface area contributed by atoms with Gasteiger partial charge in [-0.1, -0.05) is 32.3 Å². The first-order chi connectivity index (χ1) is 8.86. The molecule has 0 saturated heterocycles. The van der Waals surface area contributed by atoms with Gasteiger partial charge in [0.2, 0.25) is 0 Å². The van der Waals surface area contributed by atoms with Gasteiger partial charge in [0.05, 0.1) is 7.11 Å². The number of unbranched alkanes of at least 4 members (excludes halogenated alkanes) is 3. The summed E-state index contributed by atoms with van der Waals surface area (Å²) in [6.45, 7) is 4.90. The van der Waals surface area contributed by atoms with Gasteiger partial charge in [-0.25, -0.2) is 0 Å². The van der Waals surface area contributed by atoms with Gasteiger partial charge >= 0.3 is 0 Å². The Bertz CT molecular complexity index is 315. The minimum absolute atomic E-state index is 0.695. The Morgan fingerprint density at radius 3 is 2.67 bits per heavy atom. The molecule has 1 aromatic carbocycles. The van der Waals surface area contributed by atoms with E-state index in [2.05, 4.69) is 12.2 Å². The quantitative estimate of drug-likeness (QED) is 0.648. The van der Waals surface area contributed by atoms with E-state index in [1.54, 1.807) is 7.11 Å². The summed E-state index contributed by atoms with van der Waals surface area (Å²) < 4.78 is 10.8. The van der Waals surface area contributed by atoms with Crippen LogP contribution in [0.25, 0.3) is 0 Å². The maximum absolute atomic E-state index is 5.63. The summed E-state index contributed by atoms with van der Waals surface area (Å²) in [5, 5.41) is 3.39. The minimum atomic E-state index is 0.695. The molecule has 0 aliphatic heterocycles. The van der Waals surface area contributed by atoms with Gasteiger partial charge in [0.15, 0.2) is 0 Å². The van der Waals surface area contributed by atoms with Gasteiger partial charge in [0, 0.05) is 12.6 Å². The van der Waals surface area contributed by atoms with Crippen LogP contribution in [-0.2, 0) is 0 Å². The van der Waals surface area contributed by atoms with Crippen LogP contribution in [0.1, 0.15) is 32.6 Å². The fraction of sp³-hybridized carbons (Fsp3) is 0.600. The Kier molecular flexibility index (Phi) is 8.06. The molecule has 0 heterocycles. The normalized spacial score (nSPS) is 10.3. The number of nitrogens with one attached hydrogen (secondary N) is 1. The lowest BCUT2D eigenvalue weighted by Crippen LogP contribution is -2.22. The summed E-state index contributed by atoms with van der Waals surface area (Å²) in [4.78, 5) is 0. The van der Waals surface area contributed by atoms with E-state index in [9.17, 15) is 0 Å². The lowest BCUT2D eigenvalue weighted by molar-refractivity contribution is 0.311. The summed E-state index contributed by atoms with van der Waals surface area (Å²) in [5.74, 6) is 1.70. The Morgan fingerprint density at radius 1 is 1.06 bits per heavy atom. The molecule has 1 rings (SSSR count). The third kappa shape index (κ3) is 6.50. The second-order valence-electron chi connectivity index (χ2n) is 4.34. The van der Waals surface area contributed by atoms with Crippen molar-refractivity contribution in [2.45, 2.75) is 32.6 Å². The highest BCUT2D eigenvalue weighted by Gasteiger charge is 1.96. The van der Waals surface area contributed by atoms with E-state index in [4.69, 9.17) is 9.47 Å². The van der Waals surface area contributed by atoms with Gasteiger partial charge in [0.25, 0.3) is 0 Å². The van der Waals surface area contributed by atoms with Crippen LogP contribution in [0.4, 0.5) is 0 Å². The number of hydrogen-bond acceptors (Lipinski definition) is 3. The second-order valence-corrected chi connectivity index (χ2v) is 4.34. The Labute approximate surface area is 110 Å². The average Bonchev–Trinajstić information content (AvgIpc) is 2.42. The van der Waals surface area contributed by atoms with Crippen molar-refractivity contribution in [3.8, 4) is 11.5 Å². The highest BCUT2D eigenvalue weighted by atomic mass is 16.5. The lowest BCUT2D eigenvalue weighted by Gasteiger charge is -2.08. The molecular weight excluding hydrogens is 226 g/mol. The van der Waals surface area contributed by atoms with Crippen molar-refractivity contribution in [3.05, 3.63) is 24.3 Å². The number of ether oxygens (including phenoxy) is 2. The van der Waals surface area contributed by atoms with Gasteiger partial charge in [-0.05, 0) is 25.1 Å². The molecule has 0 saturated carbocycles. The molecule has 0 bridgehead atoms. The molecule has 1 N–H and O–H groups in total. The molecule has 0 radical (unpaired) electrons. The number of benzene rings is 1. The van der Waals surface area contributed by atoms with Crippen molar-refractivity contribution in [1.29, 1.82) is 0 Å². The van der Waals surface area contributed by atoms with E-state index in [-0.39, 0.29) is 0 Å². The third-order valence-electron chi connectivity index (χ3n) is 2.80. The predicted molar refractivity (Wildman–Crippen MR) is 75.5 cm³/mol. The zero-order valence-electron chi connectivity index (χ0n) is 11.6. The first kappa shape index (κ1) is 14.8. The van der Waals surface area contributed by atoms with E-state index in [0.717, 1.165) is 24.6 Å². The van der Waals surface area contributed by atoms with Crippen LogP contribution in [0.3, 0.4) is 0 Å². The van der Waals surface area contributed by atoms with Gasteiger partial charge < -0.3 is 14.8 Å². The molecule has 0 atom stereocenters. The van der Waals surface area contributed by atoms with Crippen LogP contribution in [0.15, 0.2) is 24.3 Å². The van der Waals surface area contributed by atoms with Crippen LogP contribution >= 0.6 is 0 Å². The highest BCUT2D eigenvalue weighted by Crippen LogP contribution is 2.18. The molecule has 102 valence electrons. The maximum atomic E-state index is 5.63. The number of rotatable bonds is 10. The predicted octanol–water partition coefficient (Wildman–Crippen LogP) is 3.24. The van der Waals surface area contributed by atoms with E-state index in [1.165, 1.54) is 25.7 Å². The Balaban J connectivity index is 2.03. The molecule has 3 heteroatoms. The molecule has 0 aliphatic rings. The van der Waals surface area contributed by atoms with Gasteiger partial charge in [0.1, 0.15) is 18.1 Å². The zero-order chi connectivity index (χ0) is 13.1. The Hall–Kier alpha value is -1.22. The molecule has 0 aliphatic carbocycles. The SMILES string of the molecule is CCCCCCNCCOc1cccc(OC)c1. The smallest absolute Gasteiger partial charge is 0.123 e. The van der Waals surface area contributed by atoms with Crippen molar-refractivity contribution in [2.75, 3.05) is 26.8 Å². The topological polar surface area (TPSA) is 30.5 Å². The molecule has 1 aromatic rings. The third-order valence-corrected chi connectivity index (χ3v) is 2.80. The maximum Gasteiger partial charge on any atom is 0.123 e. The van der Waals surface area contributed by atoms with E-state index >= 15 is 0 Å².